The minimum absolute atomic E-state index is 0.210. The maximum absolute atomic E-state index is 11.7. The van der Waals surface area contributed by atoms with Crippen LogP contribution in [0, 0.1) is 0 Å². The van der Waals surface area contributed by atoms with E-state index < -0.39 is 11.7 Å². The van der Waals surface area contributed by atoms with Crippen molar-refractivity contribution in [3.8, 4) is 0 Å². The summed E-state index contributed by atoms with van der Waals surface area (Å²) in [6.45, 7) is 0.210. The van der Waals surface area contributed by atoms with Gasteiger partial charge in [-0.15, -0.1) is 0 Å². The third-order valence-corrected chi connectivity index (χ3v) is 2.39. The van der Waals surface area contributed by atoms with Gasteiger partial charge in [0, 0.05) is 13.2 Å². The molecule has 0 spiro atoms. The number of aryl methyl sites for hydroxylation is 1. The Bertz CT molecular complexity index is 526. The number of nitrogens with one attached hydrogen (secondary N) is 1. The van der Waals surface area contributed by atoms with Gasteiger partial charge in [0.15, 0.2) is 0 Å². The van der Waals surface area contributed by atoms with Gasteiger partial charge < -0.3 is 14.3 Å². The highest BCUT2D eigenvalue weighted by Gasteiger charge is 2.18. The van der Waals surface area contributed by atoms with Crippen LogP contribution in [0.5, 0.6) is 0 Å². The first kappa shape index (κ1) is 11.2. The fraction of sp³-hybridized carbons (Fsp3) is 0.167. The Balaban J connectivity index is 1.97. The average Bonchev–Trinajstić information content (AvgIpc) is 2.95. The molecule has 0 bridgehead atoms. The molecule has 0 aliphatic heterocycles. The van der Waals surface area contributed by atoms with E-state index in [4.69, 9.17) is 4.42 Å². The summed E-state index contributed by atoms with van der Waals surface area (Å²) in [5.74, 6) is -0.578. The molecular formula is C12H12N2O3. The van der Waals surface area contributed by atoms with Crippen molar-refractivity contribution < 1.29 is 14.0 Å². The van der Waals surface area contributed by atoms with Crippen molar-refractivity contribution in [1.29, 1.82) is 0 Å². The van der Waals surface area contributed by atoms with Gasteiger partial charge in [0.2, 0.25) is 0 Å². The predicted molar refractivity (Wildman–Crippen MR) is 60.3 cm³/mol. The van der Waals surface area contributed by atoms with Gasteiger partial charge in [-0.2, -0.15) is 0 Å². The van der Waals surface area contributed by atoms with E-state index in [1.54, 1.807) is 42.1 Å². The van der Waals surface area contributed by atoms with Gasteiger partial charge in [-0.05, 0) is 24.3 Å². The summed E-state index contributed by atoms with van der Waals surface area (Å²) in [6.07, 6.45) is 3.23. The standard InChI is InChI=1S/C12H12N2O3/c1-14-6-2-5-10(14)11(15)12(16)13-8-9-4-3-7-17-9/h2-7H,8H2,1H3,(H,13,16). The summed E-state index contributed by atoms with van der Waals surface area (Å²) in [6, 6.07) is 6.77. The quantitative estimate of drug-likeness (QED) is 0.634. The summed E-state index contributed by atoms with van der Waals surface area (Å²) >= 11 is 0. The van der Waals surface area contributed by atoms with Crippen molar-refractivity contribution in [2.75, 3.05) is 0 Å². The second-order valence-corrected chi connectivity index (χ2v) is 3.60. The average molecular weight is 232 g/mol. The molecule has 2 rings (SSSR count). The third kappa shape index (κ3) is 2.44. The van der Waals surface area contributed by atoms with E-state index in [0.29, 0.717) is 11.5 Å². The van der Waals surface area contributed by atoms with Gasteiger partial charge in [0.25, 0.3) is 11.7 Å². The fourth-order valence-corrected chi connectivity index (χ4v) is 1.47. The Morgan fingerprint density at radius 3 is 2.76 bits per heavy atom. The van der Waals surface area contributed by atoms with Crippen LogP contribution < -0.4 is 5.32 Å². The Kier molecular flexibility index (Phi) is 3.09. The molecule has 0 radical (unpaired) electrons. The molecule has 0 aliphatic carbocycles. The number of carbonyl (C=O) groups is 2. The van der Waals surface area contributed by atoms with Crippen molar-refractivity contribution >= 4 is 11.7 Å². The SMILES string of the molecule is Cn1cccc1C(=O)C(=O)NCc1ccco1. The van der Waals surface area contributed by atoms with Gasteiger partial charge in [-0.3, -0.25) is 9.59 Å². The second-order valence-electron chi connectivity index (χ2n) is 3.60. The monoisotopic (exact) mass is 232 g/mol. The lowest BCUT2D eigenvalue weighted by Crippen LogP contribution is -2.31. The topological polar surface area (TPSA) is 64.2 Å². The molecule has 1 N–H and O–H groups in total. The molecule has 2 heterocycles. The zero-order valence-corrected chi connectivity index (χ0v) is 9.34. The van der Waals surface area contributed by atoms with Gasteiger partial charge in [0.05, 0.1) is 18.5 Å². The van der Waals surface area contributed by atoms with E-state index >= 15 is 0 Å². The summed E-state index contributed by atoms with van der Waals surface area (Å²) in [4.78, 5) is 23.3. The molecule has 5 heteroatoms. The fourth-order valence-electron chi connectivity index (χ4n) is 1.47. The third-order valence-electron chi connectivity index (χ3n) is 2.39. The Labute approximate surface area is 98.0 Å². The van der Waals surface area contributed by atoms with E-state index in [-0.39, 0.29) is 6.54 Å². The molecule has 5 nitrogen and oxygen atoms in total. The lowest BCUT2D eigenvalue weighted by atomic mass is 10.2. The van der Waals surface area contributed by atoms with Gasteiger partial charge in [-0.25, -0.2) is 0 Å². The van der Waals surface area contributed by atoms with Crippen molar-refractivity contribution in [3.05, 3.63) is 48.2 Å². The minimum atomic E-state index is -0.636. The molecule has 0 aromatic carbocycles. The Morgan fingerprint density at radius 2 is 2.18 bits per heavy atom. The maximum Gasteiger partial charge on any atom is 0.294 e. The van der Waals surface area contributed by atoms with E-state index in [9.17, 15) is 9.59 Å². The van der Waals surface area contributed by atoms with Crippen LogP contribution in [0.3, 0.4) is 0 Å². The number of amides is 1. The number of hydrogen-bond donors (Lipinski definition) is 1. The van der Waals surface area contributed by atoms with Crippen LogP contribution in [-0.4, -0.2) is 16.3 Å². The maximum atomic E-state index is 11.7. The molecule has 1 amide bonds. The van der Waals surface area contributed by atoms with Crippen LogP contribution in [0.4, 0.5) is 0 Å². The number of hydrogen-bond acceptors (Lipinski definition) is 3. The smallest absolute Gasteiger partial charge is 0.294 e. The van der Waals surface area contributed by atoms with Crippen LogP contribution in [0.2, 0.25) is 0 Å². The summed E-state index contributed by atoms with van der Waals surface area (Å²) in [5.41, 5.74) is 0.363. The predicted octanol–water partition coefficient (Wildman–Crippen LogP) is 1.12. The molecule has 88 valence electrons. The molecular weight excluding hydrogens is 220 g/mol. The molecule has 17 heavy (non-hydrogen) atoms. The number of carbonyl (C=O) groups excluding carboxylic acids is 2. The van der Waals surface area contributed by atoms with Gasteiger partial charge >= 0.3 is 0 Å². The molecule has 0 fully saturated rings. The number of nitrogens with zero attached hydrogens (tertiary/aromatic N) is 1. The summed E-state index contributed by atoms with van der Waals surface area (Å²) in [5, 5.41) is 2.50. The molecule has 2 aromatic rings. The van der Waals surface area contributed by atoms with Crippen LogP contribution in [0.15, 0.2) is 41.1 Å². The zero-order valence-electron chi connectivity index (χ0n) is 9.34. The molecule has 0 aliphatic rings. The number of rotatable bonds is 4. The highest BCUT2D eigenvalue weighted by atomic mass is 16.3. The lowest BCUT2D eigenvalue weighted by molar-refractivity contribution is -0.117. The molecule has 2 aromatic heterocycles. The van der Waals surface area contributed by atoms with Crippen LogP contribution in [0.1, 0.15) is 16.2 Å². The van der Waals surface area contributed by atoms with Crippen LogP contribution >= 0.6 is 0 Å². The van der Waals surface area contributed by atoms with Crippen molar-refractivity contribution in [3.63, 3.8) is 0 Å². The molecule has 0 atom stereocenters. The van der Waals surface area contributed by atoms with Crippen LogP contribution in [-0.2, 0) is 18.4 Å². The van der Waals surface area contributed by atoms with Crippen molar-refractivity contribution in [2.24, 2.45) is 7.05 Å². The summed E-state index contributed by atoms with van der Waals surface area (Å²) < 4.78 is 6.65. The molecule has 0 saturated heterocycles. The van der Waals surface area contributed by atoms with E-state index in [2.05, 4.69) is 5.32 Å². The van der Waals surface area contributed by atoms with Crippen molar-refractivity contribution in [1.82, 2.24) is 9.88 Å². The van der Waals surface area contributed by atoms with E-state index in [1.165, 1.54) is 6.26 Å². The van der Waals surface area contributed by atoms with Gasteiger partial charge in [0.1, 0.15) is 5.76 Å². The first-order valence-electron chi connectivity index (χ1n) is 5.14. The zero-order chi connectivity index (χ0) is 12.3. The second kappa shape index (κ2) is 4.69. The lowest BCUT2D eigenvalue weighted by Gasteiger charge is -2.03. The van der Waals surface area contributed by atoms with Crippen LogP contribution in [0.25, 0.3) is 0 Å². The first-order chi connectivity index (χ1) is 8.18. The number of ketones is 1. The Hall–Kier alpha value is -2.30. The number of furan rings is 1. The normalized spacial score (nSPS) is 10.2. The summed E-state index contributed by atoms with van der Waals surface area (Å²) in [7, 11) is 1.72. The highest BCUT2D eigenvalue weighted by Crippen LogP contribution is 2.02. The minimum Gasteiger partial charge on any atom is -0.467 e. The number of Topliss-reactive ketones (excluding diaryl/α,β-unsaturated/α-hetero) is 1. The van der Waals surface area contributed by atoms with E-state index in [0.717, 1.165) is 0 Å². The van der Waals surface area contributed by atoms with Crippen molar-refractivity contribution in [2.45, 2.75) is 6.54 Å². The van der Waals surface area contributed by atoms with E-state index in [1.807, 2.05) is 0 Å². The molecule has 0 saturated carbocycles. The molecule has 0 unspecified atom stereocenters. The highest BCUT2D eigenvalue weighted by molar-refractivity contribution is 6.42. The largest absolute Gasteiger partial charge is 0.467 e. The number of aromatic nitrogens is 1. The Morgan fingerprint density at radius 1 is 1.35 bits per heavy atom. The van der Waals surface area contributed by atoms with Gasteiger partial charge in [-0.1, -0.05) is 0 Å². The first-order valence-corrected chi connectivity index (χ1v) is 5.14.